The van der Waals surface area contributed by atoms with Crippen LogP contribution in [0.2, 0.25) is 0 Å². The van der Waals surface area contributed by atoms with Crippen LogP contribution >= 0.6 is 0 Å². The zero-order valence-electron chi connectivity index (χ0n) is 15.8. The normalized spacial score (nSPS) is 14.0. The SMILES string of the molecule is C[C@H](NC(=O)COC(=O)CNC(=O)c1ccc(-c2ccccc2)cc1)C1CC1. The smallest absolute Gasteiger partial charge is 0.325 e. The van der Waals surface area contributed by atoms with E-state index in [9.17, 15) is 14.4 Å². The van der Waals surface area contributed by atoms with Gasteiger partial charge in [0.1, 0.15) is 6.54 Å². The summed E-state index contributed by atoms with van der Waals surface area (Å²) in [5.41, 5.74) is 2.51. The number of nitrogens with one attached hydrogen (secondary N) is 2. The van der Waals surface area contributed by atoms with Crippen LogP contribution in [0.5, 0.6) is 0 Å². The molecule has 1 aliphatic rings. The predicted octanol–water partition coefficient (Wildman–Crippen LogP) is 2.54. The monoisotopic (exact) mass is 380 g/mol. The molecular formula is C22H24N2O4. The summed E-state index contributed by atoms with van der Waals surface area (Å²) in [4.78, 5) is 35.6. The molecule has 0 unspecified atom stereocenters. The van der Waals surface area contributed by atoms with E-state index in [1.807, 2.05) is 49.4 Å². The Labute approximate surface area is 164 Å². The average molecular weight is 380 g/mol. The second-order valence-corrected chi connectivity index (χ2v) is 6.98. The van der Waals surface area contributed by atoms with E-state index in [1.165, 1.54) is 0 Å². The molecule has 0 aromatic heterocycles. The Morgan fingerprint density at radius 1 is 1.00 bits per heavy atom. The highest BCUT2D eigenvalue weighted by atomic mass is 16.5. The molecule has 2 N–H and O–H groups in total. The van der Waals surface area contributed by atoms with Crippen LogP contribution in [0, 0.1) is 5.92 Å². The summed E-state index contributed by atoms with van der Waals surface area (Å²) >= 11 is 0. The Morgan fingerprint density at radius 3 is 2.29 bits per heavy atom. The molecule has 0 radical (unpaired) electrons. The molecular weight excluding hydrogens is 356 g/mol. The first-order valence-corrected chi connectivity index (χ1v) is 9.41. The molecule has 0 heterocycles. The largest absolute Gasteiger partial charge is 0.454 e. The standard InChI is InChI=1S/C22H24N2O4/c1-15(16-7-8-16)24-20(25)14-28-21(26)13-23-22(27)19-11-9-18(10-12-19)17-5-3-2-4-6-17/h2-6,9-12,15-16H,7-8,13-14H2,1H3,(H,23,27)(H,24,25)/t15-/m0/s1. The number of ether oxygens (including phenoxy) is 1. The molecule has 28 heavy (non-hydrogen) atoms. The Bertz CT molecular complexity index is 829. The molecule has 1 saturated carbocycles. The molecule has 1 aliphatic carbocycles. The molecule has 3 rings (SSSR count). The van der Waals surface area contributed by atoms with Gasteiger partial charge in [0, 0.05) is 11.6 Å². The van der Waals surface area contributed by atoms with E-state index in [0.29, 0.717) is 11.5 Å². The fourth-order valence-electron chi connectivity index (χ4n) is 2.91. The van der Waals surface area contributed by atoms with E-state index in [0.717, 1.165) is 24.0 Å². The molecule has 0 saturated heterocycles. The fourth-order valence-corrected chi connectivity index (χ4v) is 2.91. The van der Waals surface area contributed by atoms with Gasteiger partial charge in [-0.25, -0.2) is 0 Å². The van der Waals surface area contributed by atoms with E-state index in [1.54, 1.807) is 12.1 Å². The van der Waals surface area contributed by atoms with Gasteiger partial charge < -0.3 is 15.4 Å². The van der Waals surface area contributed by atoms with Crippen molar-refractivity contribution in [1.82, 2.24) is 10.6 Å². The van der Waals surface area contributed by atoms with Crippen molar-refractivity contribution in [2.75, 3.05) is 13.2 Å². The third-order valence-corrected chi connectivity index (χ3v) is 4.73. The molecule has 6 heteroatoms. The molecule has 2 aromatic rings. The maximum absolute atomic E-state index is 12.2. The van der Waals surface area contributed by atoms with Crippen LogP contribution in [-0.2, 0) is 14.3 Å². The van der Waals surface area contributed by atoms with Crippen molar-refractivity contribution in [3.63, 3.8) is 0 Å². The van der Waals surface area contributed by atoms with Crippen LogP contribution in [-0.4, -0.2) is 37.0 Å². The van der Waals surface area contributed by atoms with Crippen molar-refractivity contribution in [3.8, 4) is 11.1 Å². The summed E-state index contributed by atoms with van der Waals surface area (Å²) in [6.07, 6.45) is 2.25. The molecule has 0 aliphatic heterocycles. The molecule has 0 bridgehead atoms. The first-order valence-electron chi connectivity index (χ1n) is 9.41. The Balaban J connectivity index is 1.40. The topological polar surface area (TPSA) is 84.5 Å². The van der Waals surface area contributed by atoms with Gasteiger partial charge in [0.25, 0.3) is 11.8 Å². The molecule has 146 valence electrons. The van der Waals surface area contributed by atoms with Crippen LogP contribution in [0.4, 0.5) is 0 Å². The summed E-state index contributed by atoms with van der Waals surface area (Å²) in [6, 6.07) is 17.1. The van der Waals surface area contributed by atoms with Crippen molar-refractivity contribution in [1.29, 1.82) is 0 Å². The second kappa shape index (κ2) is 9.17. The maximum atomic E-state index is 12.2. The van der Waals surface area contributed by atoms with E-state index >= 15 is 0 Å². The minimum Gasteiger partial charge on any atom is -0.454 e. The highest BCUT2D eigenvalue weighted by Gasteiger charge is 2.28. The minimum absolute atomic E-state index is 0.102. The molecule has 2 aromatic carbocycles. The number of carbonyl (C=O) groups is 3. The fraction of sp³-hybridized carbons (Fsp3) is 0.318. The zero-order valence-corrected chi connectivity index (χ0v) is 15.8. The molecule has 0 spiro atoms. The lowest BCUT2D eigenvalue weighted by molar-refractivity contribution is -0.147. The lowest BCUT2D eigenvalue weighted by Gasteiger charge is -2.12. The van der Waals surface area contributed by atoms with Gasteiger partial charge in [-0.1, -0.05) is 42.5 Å². The van der Waals surface area contributed by atoms with Gasteiger partial charge in [-0.15, -0.1) is 0 Å². The lowest BCUT2D eigenvalue weighted by Crippen LogP contribution is -2.38. The lowest BCUT2D eigenvalue weighted by atomic mass is 10.0. The van der Waals surface area contributed by atoms with Gasteiger partial charge >= 0.3 is 5.97 Å². The van der Waals surface area contributed by atoms with Gasteiger partial charge in [0.05, 0.1) is 0 Å². The first-order chi connectivity index (χ1) is 13.5. The first kappa shape index (κ1) is 19.6. The van der Waals surface area contributed by atoms with Crippen LogP contribution in [0.1, 0.15) is 30.1 Å². The van der Waals surface area contributed by atoms with Crippen LogP contribution in [0.3, 0.4) is 0 Å². The van der Waals surface area contributed by atoms with Crippen LogP contribution < -0.4 is 10.6 Å². The third kappa shape index (κ3) is 5.67. The number of hydrogen-bond donors (Lipinski definition) is 2. The quantitative estimate of drug-likeness (QED) is 0.690. The van der Waals surface area contributed by atoms with E-state index in [-0.39, 0.29) is 31.0 Å². The van der Waals surface area contributed by atoms with Gasteiger partial charge in [0.2, 0.25) is 0 Å². The summed E-state index contributed by atoms with van der Waals surface area (Å²) < 4.78 is 4.90. The number of benzene rings is 2. The highest BCUT2D eigenvalue weighted by Crippen LogP contribution is 2.32. The van der Waals surface area contributed by atoms with Crippen molar-refractivity contribution >= 4 is 17.8 Å². The Morgan fingerprint density at radius 2 is 1.64 bits per heavy atom. The molecule has 1 atom stereocenters. The van der Waals surface area contributed by atoms with Crippen molar-refractivity contribution < 1.29 is 19.1 Å². The maximum Gasteiger partial charge on any atom is 0.325 e. The molecule has 1 fully saturated rings. The van der Waals surface area contributed by atoms with Gasteiger partial charge in [-0.2, -0.15) is 0 Å². The van der Waals surface area contributed by atoms with Crippen molar-refractivity contribution in [2.45, 2.75) is 25.8 Å². The Kier molecular flexibility index (Phi) is 6.42. The third-order valence-electron chi connectivity index (χ3n) is 4.73. The summed E-state index contributed by atoms with van der Waals surface area (Å²) in [5.74, 6) is -0.811. The summed E-state index contributed by atoms with van der Waals surface area (Å²) in [5, 5.41) is 5.31. The van der Waals surface area contributed by atoms with E-state index < -0.39 is 5.97 Å². The molecule has 2 amide bonds. The van der Waals surface area contributed by atoms with Crippen molar-refractivity contribution in [2.24, 2.45) is 5.92 Å². The highest BCUT2D eigenvalue weighted by molar-refractivity contribution is 5.96. The number of amides is 2. The number of rotatable bonds is 8. The summed E-state index contributed by atoms with van der Waals surface area (Å²) in [7, 11) is 0. The van der Waals surface area contributed by atoms with Crippen LogP contribution in [0.25, 0.3) is 11.1 Å². The minimum atomic E-state index is -0.650. The average Bonchev–Trinajstić information content (AvgIpc) is 3.57. The predicted molar refractivity (Wildman–Crippen MR) is 105 cm³/mol. The molecule has 6 nitrogen and oxygen atoms in total. The van der Waals surface area contributed by atoms with E-state index in [4.69, 9.17) is 4.74 Å². The van der Waals surface area contributed by atoms with Crippen molar-refractivity contribution in [3.05, 3.63) is 60.2 Å². The zero-order chi connectivity index (χ0) is 19.9. The summed E-state index contributed by atoms with van der Waals surface area (Å²) in [6.45, 7) is 1.32. The van der Waals surface area contributed by atoms with E-state index in [2.05, 4.69) is 10.6 Å². The number of hydrogen-bond acceptors (Lipinski definition) is 4. The van der Waals surface area contributed by atoms with Crippen LogP contribution in [0.15, 0.2) is 54.6 Å². The van der Waals surface area contributed by atoms with Gasteiger partial charge in [-0.05, 0) is 48.9 Å². The van der Waals surface area contributed by atoms with Gasteiger partial charge in [0.15, 0.2) is 6.61 Å². The number of carbonyl (C=O) groups excluding carboxylic acids is 3. The Hall–Kier alpha value is -3.15. The van der Waals surface area contributed by atoms with Gasteiger partial charge in [-0.3, -0.25) is 14.4 Å². The number of esters is 1. The second-order valence-electron chi connectivity index (χ2n) is 6.98.